The Hall–Kier alpha value is -1.36. The van der Waals surface area contributed by atoms with Crippen molar-refractivity contribution in [3.63, 3.8) is 0 Å². The molecule has 0 aromatic heterocycles. The zero-order valence-electron chi connectivity index (χ0n) is 9.54. The van der Waals surface area contributed by atoms with Gasteiger partial charge in [-0.15, -0.1) is 0 Å². The Bertz CT molecular complexity index is 229. The lowest BCUT2D eigenvalue weighted by molar-refractivity contribution is -0.137. The van der Waals surface area contributed by atoms with Gasteiger partial charge in [-0.25, -0.2) is 4.79 Å². The molecule has 0 unspecified atom stereocenters. The van der Waals surface area contributed by atoms with Crippen molar-refractivity contribution in [2.45, 2.75) is 25.7 Å². The summed E-state index contributed by atoms with van der Waals surface area (Å²) in [6, 6.07) is 0. The molecule has 0 aliphatic heterocycles. The van der Waals surface area contributed by atoms with Crippen LogP contribution in [0.15, 0.2) is 12.7 Å². The van der Waals surface area contributed by atoms with E-state index in [9.17, 15) is 9.59 Å². The van der Waals surface area contributed by atoms with E-state index < -0.39 is 5.97 Å². The topological polar surface area (TPSA) is 81.4 Å². The second kappa shape index (κ2) is 10.2. The first-order valence-electron chi connectivity index (χ1n) is 5.46. The molecule has 16 heavy (non-hydrogen) atoms. The molecule has 0 saturated heterocycles. The molecular formula is C11H20N2O3. The monoisotopic (exact) mass is 228 g/mol. The summed E-state index contributed by atoms with van der Waals surface area (Å²) >= 11 is 0. The van der Waals surface area contributed by atoms with Crippen molar-refractivity contribution in [2.24, 2.45) is 5.73 Å². The van der Waals surface area contributed by atoms with Crippen LogP contribution in [0.25, 0.3) is 0 Å². The van der Waals surface area contributed by atoms with Gasteiger partial charge in [0.05, 0.1) is 6.61 Å². The molecule has 0 aliphatic rings. The van der Waals surface area contributed by atoms with Gasteiger partial charge in [0.2, 0.25) is 5.91 Å². The van der Waals surface area contributed by atoms with E-state index in [1.54, 1.807) is 0 Å². The number of nitrogens with two attached hydrogens (primary N) is 1. The smallest absolute Gasteiger partial charge is 0.330 e. The summed E-state index contributed by atoms with van der Waals surface area (Å²) in [5, 5.41) is 2.74. The molecule has 0 bridgehead atoms. The quantitative estimate of drug-likeness (QED) is 0.339. The number of unbranched alkanes of at least 4 members (excludes halogenated alkanes) is 1. The standard InChI is InChI=1S/C11H20N2O3/c1-2-11(15)16-9-5-8-13-10(14)6-3-4-7-12/h2H,1,3-9,12H2,(H,13,14). The number of nitrogens with one attached hydrogen (secondary N) is 1. The van der Waals surface area contributed by atoms with Gasteiger partial charge in [-0.3, -0.25) is 4.79 Å². The minimum absolute atomic E-state index is 0.0171. The van der Waals surface area contributed by atoms with Gasteiger partial charge in [0.15, 0.2) is 0 Å². The molecule has 0 rings (SSSR count). The average Bonchev–Trinajstić information content (AvgIpc) is 2.28. The Kier molecular flexibility index (Phi) is 9.30. The van der Waals surface area contributed by atoms with Crippen LogP contribution in [0.3, 0.4) is 0 Å². The number of hydrogen-bond acceptors (Lipinski definition) is 4. The van der Waals surface area contributed by atoms with Crippen molar-refractivity contribution in [2.75, 3.05) is 19.7 Å². The van der Waals surface area contributed by atoms with Crippen LogP contribution in [0.2, 0.25) is 0 Å². The van der Waals surface area contributed by atoms with E-state index in [0.717, 1.165) is 18.9 Å². The molecule has 0 spiro atoms. The first kappa shape index (κ1) is 14.6. The predicted molar refractivity (Wildman–Crippen MR) is 61.7 cm³/mol. The largest absolute Gasteiger partial charge is 0.462 e. The van der Waals surface area contributed by atoms with Gasteiger partial charge in [-0.1, -0.05) is 6.58 Å². The van der Waals surface area contributed by atoms with Crippen molar-refractivity contribution in [3.8, 4) is 0 Å². The number of hydrogen-bond donors (Lipinski definition) is 2. The first-order chi connectivity index (χ1) is 7.70. The third kappa shape index (κ3) is 9.21. The maximum Gasteiger partial charge on any atom is 0.330 e. The van der Waals surface area contributed by atoms with Crippen molar-refractivity contribution < 1.29 is 14.3 Å². The normalized spacial score (nSPS) is 9.56. The predicted octanol–water partition coefficient (Wildman–Crippen LogP) is 0.351. The molecule has 92 valence electrons. The van der Waals surface area contributed by atoms with Crippen LogP contribution < -0.4 is 11.1 Å². The zero-order chi connectivity index (χ0) is 12.2. The highest BCUT2D eigenvalue weighted by Crippen LogP contribution is 1.93. The van der Waals surface area contributed by atoms with E-state index in [4.69, 9.17) is 10.5 Å². The van der Waals surface area contributed by atoms with E-state index in [2.05, 4.69) is 11.9 Å². The van der Waals surface area contributed by atoms with Crippen LogP contribution in [0.5, 0.6) is 0 Å². The van der Waals surface area contributed by atoms with Crippen LogP contribution in [-0.2, 0) is 14.3 Å². The number of ether oxygens (including phenoxy) is 1. The fourth-order valence-electron chi connectivity index (χ4n) is 1.05. The minimum atomic E-state index is -0.436. The second-order valence-electron chi connectivity index (χ2n) is 3.32. The summed E-state index contributed by atoms with van der Waals surface area (Å²) < 4.78 is 4.75. The van der Waals surface area contributed by atoms with Gasteiger partial charge in [0, 0.05) is 19.0 Å². The van der Waals surface area contributed by atoms with E-state index in [0.29, 0.717) is 32.5 Å². The van der Waals surface area contributed by atoms with E-state index >= 15 is 0 Å². The Morgan fingerprint density at radius 1 is 1.31 bits per heavy atom. The highest BCUT2D eigenvalue weighted by atomic mass is 16.5. The van der Waals surface area contributed by atoms with Gasteiger partial charge in [0.1, 0.15) is 0 Å². The van der Waals surface area contributed by atoms with Gasteiger partial charge in [-0.2, -0.15) is 0 Å². The fraction of sp³-hybridized carbons (Fsp3) is 0.636. The summed E-state index contributed by atoms with van der Waals surface area (Å²) in [6.45, 7) is 4.71. The highest BCUT2D eigenvalue weighted by Gasteiger charge is 2.00. The third-order valence-corrected chi connectivity index (χ3v) is 1.91. The highest BCUT2D eigenvalue weighted by molar-refractivity contribution is 5.81. The number of carbonyl (C=O) groups is 2. The van der Waals surface area contributed by atoms with Crippen LogP contribution >= 0.6 is 0 Å². The van der Waals surface area contributed by atoms with E-state index in [1.807, 2.05) is 0 Å². The molecule has 0 radical (unpaired) electrons. The van der Waals surface area contributed by atoms with Crippen LogP contribution in [-0.4, -0.2) is 31.6 Å². The van der Waals surface area contributed by atoms with Crippen LogP contribution in [0.4, 0.5) is 0 Å². The average molecular weight is 228 g/mol. The Balaban J connectivity index is 3.27. The van der Waals surface area contributed by atoms with Crippen LogP contribution in [0.1, 0.15) is 25.7 Å². The maximum atomic E-state index is 11.2. The fourth-order valence-corrected chi connectivity index (χ4v) is 1.05. The number of amides is 1. The summed E-state index contributed by atoms with van der Waals surface area (Å²) in [4.78, 5) is 21.8. The molecule has 5 nitrogen and oxygen atoms in total. The molecule has 3 N–H and O–H groups in total. The molecule has 1 amide bonds. The van der Waals surface area contributed by atoms with Crippen molar-refractivity contribution in [3.05, 3.63) is 12.7 Å². The van der Waals surface area contributed by atoms with Gasteiger partial charge >= 0.3 is 5.97 Å². The summed E-state index contributed by atoms with van der Waals surface area (Å²) in [5.74, 6) is -0.419. The SMILES string of the molecule is C=CC(=O)OCCCNC(=O)CCCCN. The first-order valence-corrected chi connectivity index (χ1v) is 5.46. The van der Waals surface area contributed by atoms with Crippen molar-refractivity contribution >= 4 is 11.9 Å². The lowest BCUT2D eigenvalue weighted by Gasteiger charge is -2.05. The van der Waals surface area contributed by atoms with Crippen molar-refractivity contribution in [1.29, 1.82) is 0 Å². The van der Waals surface area contributed by atoms with Gasteiger partial charge in [-0.05, 0) is 25.8 Å². The molecule has 0 saturated carbocycles. The van der Waals surface area contributed by atoms with Gasteiger partial charge < -0.3 is 15.8 Å². The van der Waals surface area contributed by atoms with Gasteiger partial charge in [0.25, 0.3) is 0 Å². The summed E-state index contributed by atoms with van der Waals surface area (Å²) in [5.41, 5.74) is 5.31. The molecular weight excluding hydrogens is 208 g/mol. The van der Waals surface area contributed by atoms with E-state index in [-0.39, 0.29) is 5.91 Å². The van der Waals surface area contributed by atoms with E-state index in [1.165, 1.54) is 0 Å². The summed E-state index contributed by atoms with van der Waals surface area (Å²) in [7, 11) is 0. The molecule has 0 fully saturated rings. The summed E-state index contributed by atoms with van der Waals surface area (Å²) in [6.07, 6.45) is 3.91. The van der Waals surface area contributed by atoms with Crippen LogP contribution in [0, 0.1) is 0 Å². The molecule has 0 heterocycles. The molecule has 0 aromatic rings. The number of esters is 1. The lowest BCUT2D eigenvalue weighted by Crippen LogP contribution is -2.25. The Morgan fingerprint density at radius 3 is 2.69 bits per heavy atom. The third-order valence-electron chi connectivity index (χ3n) is 1.91. The maximum absolute atomic E-state index is 11.2. The molecule has 0 aromatic carbocycles. The van der Waals surface area contributed by atoms with Crippen molar-refractivity contribution in [1.82, 2.24) is 5.32 Å². The Labute approximate surface area is 96.0 Å². The minimum Gasteiger partial charge on any atom is -0.462 e. The number of rotatable bonds is 9. The molecule has 0 atom stereocenters. The molecule has 0 aliphatic carbocycles. The lowest BCUT2D eigenvalue weighted by atomic mass is 10.2. The Morgan fingerprint density at radius 2 is 2.06 bits per heavy atom. The second-order valence-corrected chi connectivity index (χ2v) is 3.32. The molecule has 5 heteroatoms. The number of carbonyl (C=O) groups excluding carboxylic acids is 2. The zero-order valence-corrected chi connectivity index (χ0v) is 9.54.